The second-order valence-corrected chi connectivity index (χ2v) is 8.05. The van der Waals surface area contributed by atoms with Crippen molar-refractivity contribution in [2.24, 2.45) is 0 Å². The normalized spacial score (nSPS) is 28.6. The Morgan fingerprint density at radius 3 is 3.00 bits per heavy atom. The summed E-state index contributed by atoms with van der Waals surface area (Å²) >= 11 is 1.12. The summed E-state index contributed by atoms with van der Waals surface area (Å²) in [5.41, 5.74) is 0. The lowest BCUT2D eigenvalue weighted by molar-refractivity contribution is -0.164. The molecule has 10 heteroatoms. The van der Waals surface area contributed by atoms with Gasteiger partial charge in [-0.25, -0.2) is 9.69 Å². The highest BCUT2D eigenvalue weighted by Crippen LogP contribution is 2.36. The van der Waals surface area contributed by atoms with Crippen LogP contribution in [0.4, 0.5) is 5.13 Å². The van der Waals surface area contributed by atoms with E-state index in [9.17, 15) is 10.0 Å². The zero-order chi connectivity index (χ0) is 19.3. The highest BCUT2D eigenvalue weighted by atomic mass is 32.1. The minimum Gasteiger partial charge on any atom is -0.622 e. The molecule has 9 nitrogen and oxygen atoms in total. The third-order valence-electron chi connectivity index (χ3n) is 4.77. The fraction of sp³-hybridized carbons (Fsp3) is 0.824. The van der Waals surface area contributed by atoms with E-state index in [1.807, 2.05) is 11.9 Å². The van der Waals surface area contributed by atoms with Crippen molar-refractivity contribution >= 4 is 22.4 Å². The molecule has 152 valence electrons. The van der Waals surface area contributed by atoms with Crippen LogP contribution < -0.4 is 9.38 Å². The molecule has 27 heavy (non-hydrogen) atoms. The minimum absolute atomic E-state index is 0.147. The first-order valence-corrected chi connectivity index (χ1v) is 10.4. The molecular weight excluding hydrogens is 372 g/mol. The monoisotopic (exact) mass is 400 g/mol. The third-order valence-corrected chi connectivity index (χ3v) is 5.72. The number of esters is 1. The standard InChI is InChI=1S/C17H28N4O5S/c1-3-4-5-6-9-25-17-19-18-16(27-17)21(23)12-20(2)11-14(21)26-15(22)13-8-7-10-24-13/h13-14H,3-12H2,1-2H3. The van der Waals surface area contributed by atoms with E-state index in [4.69, 9.17) is 14.2 Å². The summed E-state index contributed by atoms with van der Waals surface area (Å²) < 4.78 is 15.6. The lowest BCUT2D eigenvalue weighted by Gasteiger charge is -2.38. The molecule has 2 saturated heterocycles. The molecule has 0 saturated carbocycles. The van der Waals surface area contributed by atoms with Crippen LogP contribution in [0.15, 0.2) is 0 Å². The van der Waals surface area contributed by atoms with Crippen LogP contribution in [-0.2, 0) is 14.3 Å². The summed E-state index contributed by atoms with van der Waals surface area (Å²) in [4.78, 5) is 14.1. The number of rotatable bonds is 9. The van der Waals surface area contributed by atoms with Gasteiger partial charge in [0, 0.05) is 17.9 Å². The molecule has 0 aliphatic carbocycles. The number of likely N-dealkylation sites (N-methyl/N-ethyl adjacent to an activating group) is 1. The average Bonchev–Trinajstić information content (AvgIpc) is 3.36. The van der Waals surface area contributed by atoms with Gasteiger partial charge in [0.15, 0.2) is 6.10 Å². The van der Waals surface area contributed by atoms with Gasteiger partial charge in [0.25, 0.3) is 11.4 Å². The Kier molecular flexibility index (Phi) is 6.99. The average molecular weight is 401 g/mol. The predicted octanol–water partition coefficient (Wildman–Crippen LogP) is 2.25. The molecule has 0 amide bonds. The van der Waals surface area contributed by atoms with Crippen molar-refractivity contribution in [1.82, 2.24) is 19.7 Å². The Balaban J connectivity index is 1.61. The van der Waals surface area contributed by atoms with Gasteiger partial charge < -0.3 is 19.4 Å². The maximum Gasteiger partial charge on any atom is 0.339 e. The summed E-state index contributed by atoms with van der Waals surface area (Å²) in [5, 5.41) is 22.1. The van der Waals surface area contributed by atoms with Gasteiger partial charge in [0.05, 0.1) is 13.2 Å². The van der Waals surface area contributed by atoms with Gasteiger partial charge in [0.1, 0.15) is 6.67 Å². The van der Waals surface area contributed by atoms with Crippen molar-refractivity contribution in [1.29, 1.82) is 0 Å². The van der Waals surface area contributed by atoms with Crippen LogP contribution in [0.1, 0.15) is 45.4 Å². The molecule has 3 heterocycles. The van der Waals surface area contributed by atoms with Gasteiger partial charge in [-0.3, -0.25) is 4.65 Å². The van der Waals surface area contributed by atoms with E-state index in [0.29, 0.717) is 31.4 Å². The molecule has 3 unspecified atom stereocenters. The maximum absolute atomic E-state index is 13.5. The van der Waals surface area contributed by atoms with Gasteiger partial charge in [0.2, 0.25) is 0 Å². The van der Waals surface area contributed by atoms with E-state index in [2.05, 4.69) is 17.1 Å². The number of hydroxylamine groups is 2. The molecule has 2 aliphatic rings. The smallest absolute Gasteiger partial charge is 0.339 e. The number of aromatic nitrogens is 2. The Hall–Kier alpha value is -1.33. The number of nitrogens with zero attached hydrogens (tertiary/aromatic N) is 4. The first-order valence-electron chi connectivity index (χ1n) is 9.59. The fourth-order valence-corrected chi connectivity index (χ4v) is 4.08. The van der Waals surface area contributed by atoms with Crippen molar-refractivity contribution in [2.45, 2.75) is 57.8 Å². The van der Waals surface area contributed by atoms with Crippen LogP contribution in [0.5, 0.6) is 5.19 Å². The van der Waals surface area contributed by atoms with Crippen molar-refractivity contribution in [3.8, 4) is 5.19 Å². The number of carbonyl (C=O) groups excluding carboxylic acids is 1. The van der Waals surface area contributed by atoms with Gasteiger partial charge in [-0.1, -0.05) is 36.4 Å². The molecule has 0 spiro atoms. The van der Waals surface area contributed by atoms with Gasteiger partial charge in [-0.15, -0.1) is 0 Å². The minimum atomic E-state index is -0.878. The zero-order valence-corrected chi connectivity index (χ0v) is 16.8. The van der Waals surface area contributed by atoms with E-state index in [1.165, 1.54) is 12.8 Å². The molecule has 3 rings (SSSR count). The summed E-state index contributed by atoms with van der Waals surface area (Å²) in [5.74, 6) is -0.469. The molecule has 2 aliphatic heterocycles. The highest BCUT2D eigenvalue weighted by Gasteiger charge is 2.46. The Labute approximate surface area is 163 Å². The molecule has 1 aromatic rings. The van der Waals surface area contributed by atoms with Crippen LogP contribution >= 0.6 is 11.3 Å². The van der Waals surface area contributed by atoms with Crippen LogP contribution in [0, 0.1) is 5.21 Å². The Morgan fingerprint density at radius 1 is 1.41 bits per heavy atom. The number of unbranched alkanes of at least 4 members (excludes halogenated alkanes) is 3. The van der Waals surface area contributed by atoms with E-state index < -0.39 is 22.9 Å². The summed E-state index contributed by atoms with van der Waals surface area (Å²) in [6, 6.07) is 0. The Morgan fingerprint density at radius 2 is 2.26 bits per heavy atom. The van der Waals surface area contributed by atoms with Crippen LogP contribution in [-0.4, -0.2) is 66.9 Å². The molecule has 1 aromatic heterocycles. The summed E-state index contributed by atoms with van der Waals surface area (Å²) in [6.45, 7) is 3.76. The second kappa shape index (κ2) is 9.24. The van der Waals surface area contributed by atoms with E-state index in [0.717, 1.165) is 30.6 Å². The number of hydrogen-bond acceptors (Lipinski definition) is 9. The third kappa shape index (κ3) is 4.94. The first kappa shape index (κ1) is 20.4. The molecule has 0 radical (unpaired) electrons. The maximum atomic E-state index is 13.5. The number of quaternary nitrogens is 1. The van der Waals surface area contributed by atoms with Gasteiger partial charge >= 0.3 is 11.1 Å². The molecular formula is C17H28N4O5S. The number of carbonyl (C=O) groups is 1. The van der Waals surface area contributed by atoms with E-state index in [1.54, 1.807) is 0 Å². The SMILES string of the molecule is CCCCCCOc1nnc([N+]2([O-])CN(C)CC2OC(=O)C2CCCO2)s1. The quantitative estimate of drug-likeness (QED) is 0.269. The Bertz CT molecular complexity index is 624. The van der Waals surface area contributed by atoms with E-state index in [-0.39, 0.29) is 11.8 Å². The first-order chi connectivity index (χ1) is 13.0. The van der Waals surface area contributed by atoms with E-state index >= 15 is 0 Å². The lowest BCUT2D eigenvalue weighted by atomic mass is 10.2. The second-order valence-electron chi connectivity index (χ2n) is 7.13. The summed E-state index contributed by atoms with van der Waals surface area (Å²) in [7, 11) is 1.82. The summed E-state index contributed by atoms with van der Waals surface area (Å²) in [6.07, 6.45) is 4.42. The molecule has 2 fully saturated rings. The molecule has 0 N–H and O–H groups in total. The van der Waals surface area contributed by atoms with Crippen molar-refractivity contribution < 1.29 is 19.0 Å². The van der Waals surface area contributed by atoms with Crippen LogP contribution in [0.25, 0.3) is 0 Å². The number of hydrogen-bond donors (Lipinski definition) is 0. The molecule has 0 bridgehead atoms. The van der Waals surface area contributed by atoms with Crippen molar-refractivity contribution in [3.05, 3.63) is 5.21 Å². The zero-order valence-electron chi connectivity index (χ0n) is 16.0. The predicted molar refractivity (Wildman–Crippen MR) is 101 cm³/mol. The topological polar surface area (TPSA) is 96.8 Å². The largest absolute Gasteiger partial charge is 0.622 e. The number of ether oxygens (including phenoxy) is 3. The lowest BCUT2D eigenvalue weighted by Crippen LogP contribution is -2.51. The highest BCUT2D eigenvalue weighted by molar-refractivity contribution is 7.16. The fourth-order valence-electron chi connectivity index (χ4n) is 3.29. The van der Waals surface area contributed by atoms with Gasteiger partial charge in [-0.05, 0) is 26.3 Å². The van der Waals surface area contributed by atoms with Crippen LogP contribution in [0.3, 0.4) is 0 Å². The molecule has 3 atom stereocenters. The van der Waals surface area contributed by atoms with Gasteiger partial charge in [-0.2, -0.15) is 0 Å². The molecule has 0 aromatic carbocycles. The van der Waals surface area contributed by atoms with Crippen molar-refractivity contribution in [3.63, 3.8) is 0 Å². The van der Waals surface area contributed by atoms with Crippen molar-refractivity contribution in [2.75, 3.05) is 33.5 Å². The van der Waals surface area contributed by atoms with Crippen LogP contribution in [0.2, 0.25) is 0 Å².